The number of carbonyl (C=O) groups excluding carboxylic acids is 1. The third-order valence-electron chi connectivity index (χ3n) is 4.59. The summed E-state index contributed by atoms with van der Waals surface area (Å²) in [6.45, 7) is 2.04. The first kappa shape index (κ1) is 21.4. The Morgan fingerprint density at radius 1 is 1.03 bits per heavy atom. The van der Waals surface area contributed by atoms with Crippen LogP contribution in [0.25, 0.3) is 5.69 Å². The average molecular weight is 431 g/mol. The van der Waals surface area contributed by atoms with E-state index in [2.05, 4.69) is 9.88 Å². The number of aromatic nitrogens is 2. The molecule has 3 rings (SSSR count). The molecule has 3 aromatic rings. The first-order chi connectivity index (χ1) is 13.9. The molecule has 152 valence electrons. The Hall–Kier alpha value is -2.34. The summed E-state index contributed by atoms with van der Waals surface area (Å²) in [4.78, 5) is 21.2. The topological polar surface area (TPSA) is 41.4 Å². The van der Waals surface area contributed by atoms with Crippen molar-refractivity contribution in [3.8, 4) is 5.69 Å². The van der Waals surface area contributed by atoms with Gasteiger partial charge in [-0.15, -0.1) is 0 Å². The molecule has 0 saturated heterocycles. The van der Waals surface area contributed by atoms with Crippen molar-refractivity contribution in [2.45, 2.75) is 13.0 Å². The molecule has 0 aliphatic rings. The van der Waals surface area contributed by atoms with Crippen LogP contribution in [0.1, 0.15) is 22.3 Å². The van der Waals surface area contributed by atoms with Crippen LogP contribution >= 0.6 is 23.2 Å². The van der Waals surface area contributed by atoms with E-state index in [1.165, 1.54) is 0 Å². The predicted octanol–water partition coefficient (Wildman–Crippen LogP) is 4.77. The van der Waals surface area contributed by atoms with Gasteiger partial charge >= 0.3 is 0 Å². The zero-order valence-corrected chi connectivity index (χ0v) is 18.1. The van der Waals surface area contributed by atoms with E-state index in [9.17, 15) is 4.79 Å². The third kappa shape index (κ3) is 5.82. The number of benzene rings is 2. The van der Waals surface area contributed by atoms with Crippen LogP contribution in [0.5, 0.6) is 0 Å². The monoisotopic (exact) mass is 430 g/mol. The van der Waals surface area contributed by atoms with Gasteiger partial charge in [-0.1, -0.05) is 29.3 Å². The molecule has 0 aliphatic carbocycles. The molecule has 0 radical (unpaired) electrons. The lowest BCUT2D eigenvalue weighted by Crippen LogP contribution is -2.33. The second-order valence-electron chi connectivity index (χ2n) is 7.15. The van der Waals surface area contributed by atoms with Crippen LogP contribution in [-0.2, 0) is 6.54 Å². The molecule has 2 aromatic carbocycles. The minimum atomic E-state index is -0.00740. The largest absolute Gasteiger partial charge is 0.334 e. The maximum Gasteiger partial charge on any atom is 0.254 e. The summed E-state index contributed by atoms with van der Waals surface area (Å²) in [6, 6.07) is 13.0. The summed E-state index contributed by atoms with van der Waals surface area (Å²) < 4.78 is 1.90. The molecular weight excluding hydrogens is 407 g/mol. The number of carbonyl (C=O) groups is 1. The quantitative estimate of drug-likeness (QED) is 0.516. The van der Waals surface area contributed by atoms with E-state index < -0.39 is 0 Å². The van der Waals surface area contributed by atoms with Gasteiger partial charge in [-0.3, -0.25) is 4.79 Å². The van der Waals surface area contributed by atoms with E-state index in [-0.39, 0.29) is 5.91 Å². The summed E-state index contributed by atoms with van der Waals surface area (Å²) in [5, 5.41) is 1.01. The highest BCUT2D eigenvalue weighted by Gasteiger charge is 2.17. The fourth-order valence-electron chi connectivity index (χ4n) is 3.06. The molecule has 0 unspecified atom stereocenters. The Kier molecular flexibility index (Phi) is 7.31. The van der Waals surface area contributed by atoms with Gasteiger partial charge in [0, 0.05) is 36.7 Å². The lowest BCUT2D eigenvalue weighted by Gasteiger charge is -2.24. The number of nitrogens with zero attached hydrogens (tertiary/aromatic N) is 4. The van der Waals surface area contributed by atoms with Gasteiger partial charge in [0.25, 0.3) is 5.91 Å². The molecule has 0 N–H and O–H groups in total. The molecule has 1 heterocycles. The Morgan fingerprint density at radius 2 is 1.79 bits per heavy atom. The second-order valence-corrected chi connectivity index (χ2v) is 7.96. The van der Waals surface area contributed by atoms with Crippen molar-refractivity contribution < 1.29 is 4.79 Å². The molecule has 0 fully saturated rings. The van der Waals surface area contributed by atoms with Crippen molar-refractivity contribution in [3.63, 3.8) is 0 Å². The SMILES string of the molecule is CN(C)CCCN(Cc1ccc(Cl)c(Cl)c1)C(=O)c1ccc(-n2ccnc2)cc1. The smallest absolute Gasteiger partial charge is 0.254 e. The summed E-state index contributed by atoms with van der Waals surface area (Å²) in [6.07, 6.45) is 6.21. The molecule has 1 aromatic heterocycles. The highest BCUT2D eigenvalue weighted by atomic mass is 35.5. The Bertz CT molecular complexity index is 940. The van der Waals surface area contributed by atoms with Gasteiger partial charge in [0.1, 0.15) is 0 Å². The molecule has 0 saturated carbocycles. The fourth-order valence-corrected chi connectivity index (χ4v) is 3.38. The van der Waals surface area contributed by atoms with Gasteiger partial charge < -0.3 is 14.4 Å². The highest BCUT2D eigenvalue weighted by Crippen LogP contribution is 2.24. The Labute approximate surface area is 181 Å². The lowest BCUT2D eigenvalue weighted by atomic mass is 10.1. The fraction of sp³-hybridized carbons (Fsp3) is 0.273. The van der Waals surface area contributed by atoms with E-state index in [1.54, 1.807) is 18.6 Å². The molecule has 5 nitrogen and oxygen atoms in total. The first-order valence-electron chi connectivity index (χ1n) is 9.40. The maximum absolute atomic E-state index is 13.2. The Balaban J connectivity index is 1.77. The molecule has 1 amide bonds. The molecule has 0 bridgehead atoms. The van der Waals surface area contributed by atoms with Gasteiger partial charge in [-0.05, 0) is 69.0 Å². The van der Waals surface area contributed by atoms with Crippen molar-refractivity contribution in [1.82, 2.24) is 19.4 Å². The minimum Gasteiger partial charge on any atom is -0.334 e. The summed E-state index contributed by atoms with van der Waals surface area (Å²) in [5.74, 6) is -0.00740. The standard InChI is InChI=1S/C22H24Cl2N4O/c1-26(2)11-3-12-27(15-17-4-9-20(23)21(24)14-17)22(29)18-5-7-19(8-6-18)28-13-10-25-16-28/h4-10,13-14,16H,3,11-12,15H2,1-2H3. The maximum atomic E-state index is 13.2. The van der Waals surface area contributed by atoms with E-state index >= 15 is 0 Å². The third-order valence-corrected chi connectivity index (χ3v) is 5.33. The number of hydrogen-bond acceptors (Lipinski definition) is 3. The normalized spacial score (nSPS) is 11.1. The van der Waals surface area contributed by atoms with Crippen LogP contribution in [0, 0.1) is 0 Å². The predicted molar refractivity (Wildman–Crippen MR) is 118 cm³/mol. The average Bonchev–Trinajstić information content (AvgIpc) is 3.24. The van der Waals surface area contributed by atoms with Gasteiger partial charge in [-0.2, -0.15) is 0 Å². The molecular formula is C22H24Cl2N4O. The number of rotatable bonds is 8. The van der Waals surface area contributed by atoms with Crippen LogP contribution in [0.15, 0.2) is 61.2 Å². The molecule has 0 spiro atoms. The van der Waals surface area contributed by atoms with Crippen LogP contribution in [0.4, 0.5) is 0 Å². The molecule has 7 heteroatoms. The van der Waals surface area contributed by atoms with Crippen molar-refractivity contribution >= 4 is 29.1 Å². The van der Waals surface area contributed by atoms with Gasteiger partial charge in [0.15, 0.2) is 0 Å². The highest BCUT2D eigenvalue weighted by molar-refractivity contribution is 6.42. The molecule has 0 atom stereocenters. The van der Waals surface area contributed by atoms with Gasteiger partial charge in [0.2, 0.25) is 0 Å². The summed E-state index contributed by atoms with van der Waals surface area (Å²) in [7, 11) is 4.06. The number of hydrogen-bond donors (Lipinski definition) is 0. The second kappa shape index (κ2) is 9.92. The van der Waals surface area contributed by atoms with Crippen LogP contribution in [0.3, 0.4) is 0 Å². The Morgan fingerprint density at radius 3 is 2.41 bits per heavy atom. The van der Waals surface area contributed by atoms with Gasteiger partial charge in [0.05, 0.1) is 16.4 Å². The number of halogens is 2. The lowest BCUT2D eigenvalue weighted by molar-refractivity contribution is 0.0737. The van der Waals surface area contributed by atoms with Crippen LogP contribution in [-0.4, -0.2) is 52.4 Å². The molecule has 0 aliphatic heterocycles. The van der Waals surface area contributed by atoms with E-state index in [4.69, 9.17) is 23.2 Å². The van der Waals surface area contributed by atoms with E-state index in [1.807, 2.05) is 66.2 Å². The zero-order chi connectivity index (χ0) is 20.8. The number of amides is 1. The van der Waals surface area contributed by atoms with Crippen molar-refractivity contribution in [2.24, 2.45) is 0 Å². The van der Waals surface area contributed by atoms with Crippen molar-refractivity contribution in [2.75, 3.05) is 27.2 Å². The first-order valence-corrected chi connectivity index (χ1v) is 10.2. The van der Waals surface area contributed by atoms with Crippen LogP contribution in [0.2, 0.25) is 10.0 Å². The minimum absolute atomic E-state index is 0.00740. The van der Waals surface area contributed by atoms with Crippen LogP contribution < -0.4 is 0 Å². The van der Waals surface area contributed by atoms with Crippen molar-refractivity contribution in [3.05, 3.63) is 82.4 Å². The number of imidazole rings is 1. The summed E-state index contributed by atoms with van der Waals surface area (Å²) >= 11 is 12.2. The zero-order valence-electron chi connectivity index (χ0n) is 16.6. The summed E-state index contributed by atoms with van der Waals surface area (Å²) in [5.41, 5.74) is 2.56. The van der Waals surface area contributed by atoms with E-state index in [0.717, 1.165) is 24.2 Å². The van der Waals surface area contributed by atoms with Gasteiger partial charge in [-0.25, -0.2) is 4.98 Å². The van der Waals surface area contributed by atoms with E-state index in [0.29, 0.717) is 28.7 Å². The van der Waals surface area contributed by atoms with Crippen molar-refractivity contribution in [1.29, 1.82) is 0 Å². The molecule has 29 heavy (non-hydrogen) atoms.